The Morgan fingerprint density at radius 2 is 1.51 bits per heavy atom. The SMILES string of the molecule is O=C1NC(CCCN2CCC3(CC2)OCc2ccccc23)=NC1(c1ccc(F)cc1)c1ccc(F)cc1. The maximum Gasteiger partial charge on any atom is 0.262 e. The molecule has 0 aliphatic carbocycles. The highest BCUT2D eigenvalue weighted by Gasteiger charge is 2.47. The Kier molecular flexibility index (Phi) is 6.13. The molecule has 37 heavy (non-hydrogen) atoms. The number of hydrogen-bond acceptors (Lipinski definition) is 4. The summed E-state index contributed by atoms with van der Waals surface area (Å²) in [7, 11) is 0. The van der Waals surface area contributed by atoms with Gasteiger partial charge < -0.3 is 15.0 Å². The largest absolute Gasteiger partial charge is 0.365 e. The van der Waals surface area contributed by atoms with Gasteiger partial charge in [-0.3, -0.25) is 4.79 Å². The van der Waals surface area contributed by atoms with Crippen LogP contribution in [0.2, 0.25) is 0 Å². The fourth-order valence-electron chi connectivity index (χ4n) is 5.97. The predicted octanol–water partition coefficient (Wildman–Crippen LogP) is 5.04. The number of nitrogens with zero attached hydrogens (tertiary/aromatic N) is 2. The summed E-state index contributed by atoms with van der Waals surface area (Å²) in [6, 6.07) is 20.1. The van der Waals surface area contributed by atoms with Crippen molar-refractivity contribution < 1.29 is 18.3 Å². The van der Waals surface area contributed by atoms with E-state index in [0.717, 1.165) is 38.9 Å². The molecule has 0 bridgehead atoms. The van der Waals surface area contributed by atoms with Crippen LogP contribution in [0, 0.1) is 11.6 Å². The standard InChI is InChI=1S/C30H29F2N3O2/c31-24-11-7-22(8-12-24)30(23-9-13-25(32)14-10-23)28(36)33-27(34-30)6-3-17-35-18-15-29(16-19-35)26-5-2-1-4-21(26)20-37-29/h1-2,4-5,7-14H,3,6,15-20H2,(H,33,34,36). The average molecular weight is 502 g/mol. The number of hydrogen-bond donors (Lipinski definition) is 1. The molecule has 1 N–H and O–H groups in total. The summed E-state index contributed by atoms with van der Waals surface area (Å²) in [5.41, 5.74) is 2.23. The third-order valence-electron chi connectivity index (χ3n) is 7.98. The summed E-state index contributed by atoms with van der Waals surface area (Å²) in [5, 5.41) is 2.94. The molecule has 1 fully saturated rings. The lowest BCUT2D eigenvalue weighted by Crippen LogP contribution is -2.43. The first-order valence-electron chi connectivity index (χ1n) is 12.9. The zero-order chi connectivity index (χ0) is 25.5. The number of amides is 1. The van der Waals surface area contributed by atoms with Crippen molar-refractivity contribution in [3.63, 3.8) is 0 Å². The summed E-state index contributed by atoms with van der Waals surface area (Å²) in [5.74, 6) is -0.497. The lowest BCUT2D eigenvalue weighted by molar-refractivity contribution is -0.122. The van der Waals surface area contributed by atoms with E-state index in [0.29, 0.717) is 30.0 Å². The molecule has 3 heterocycles. The fourth-order valence-corrected chi connectivity index (χ4v) is 5.97. The molecule has 0 aromatic heterocycles. The highest BCUT2D eigenvalue weighted by atomic mass is 19.1. The minimum atomic E-state index is -1.36. The number of piperidine rings is 1. The maximum atomic E-state index is 13.6. The third-order valence-corrected chi connectivity index (χ3v) is 7.98. The maximum absolute atomic E-state index is 13.6. The first kappa shape index (κ1) is 23.9. The van der Waals surface area contributed by atoms with Crippen molar-refractivity contribution in [3.8, 4) is 0 Å². The highest BCUT2D eigenvalue weighted by Crippen LogP contribution is 2.44. The van der Waals surface area contributed by atoms with E-state index in [-0.39, 0.29) is 11.5 Å². The molecule has 0 radical (unpaired) electrons. The van der Waals surface area contributed by atoms with Gasteiger partial charge in [0, 0.05) is 19.5 Å². The van der Waals surface area contributed by atoms with E-state index in [1.807, 2.05) is 0 Å². The van der Waals surface area contributed by atoms with E-state index in [2.05, 4.69) is 34.5 Å². The molecule has 1 spiro atoms. The van der Waals surface area contributed by atoms with Crippen molar-refractivity contribution in [2.75, 3.05) is 19.6 Å². The number of aliphatic imine (C=N–C) groups is 1. The van der Waals surface area contributed by atoms with Gasteiger partial charge in [-0.05, 0) is 72.3 Å². The number of fused-ring (bicyclic) bond motifs is 2. The molecule has 1 saturated heterocycles. The van der Waals surface area contributed by atoms with Crippen LogP contribution in [0.5, 0.6) is 0 Å². The van der Waals surface area contributed by atoms with E-state index in [9.17, 15) is 13.6 Å². The van der Waals surface area contributed by atoms with Crippen LogP contribution in [0.4, 0.5) is 8.78 Å². The van der Waals surface area contributed by atoms with Crippen LogP contribution >= 0.6 is 0 Å². The van der Waals surface area contributed by atoms with Gasteiger partial charge >= 0.3 is 0 Å². The molecule has 1 amide bonds. The lowest BCUT2D eigenvalue weighted by atomic mass is 9.83. The van der Waals surface area contributed by atoms with E-state index < -0.39 is 17.2 Å². The van der Waals surface area contributed by atoms with Gasteiger partial charge in [0.15, 0.2) is 5.54 Å². The molecule has 3 aliphatic rings. The van der Waals surface area contributed by atoms with Gasteiger partial charge in [-0.1, -0.05) is 48.5 Å². The summed E-state index contributed by atoms with van der Waals surface area (Å²) < 4.78 is 33.6. The van der Waals surface area contributed by atoms with Gasteiger partial charge in [-0.15, -0.1) is 0 Å². The monoisotopic (exact) mass is 501 g/mol. The number of ether oxygens (including phenoxy) is 1. The Balaban J connectivity index is 1.14. The summed E-state index contributed by atoms with van der Waals surface area (Å²) in [6.07, 6.45) is 3.39. The van der Waals surface area contributed by atoms with E-state index in [4.69, 9.17) is 9.73 Å². The number of amidine groups is 1. The normalized spacial score (nSPS) is 20.1. The summed E-state index contributed by atoms with van der Waals surface area (Å²) in [6.45, 7) is 3.51. The van der Waals surface area contributed by atoms with Crippen LogP contribution in [0.3, 0.4) is 0 Å². The van der Waals surface area contributed by atoms with E-state index in [1.54, 1.807) is 24.3 Å². The second-order valence-corrected chi connectivity index (χ2v) is 10.1. The molecule has 3 aromatic rings. The molecule has 0 atom stereocenters. The molecule has 0 unspecified atom stereocenters. The second kappa shape index (κ2) is 9.47. The topological polar surface area (TPSA) is 53.9 Å². The van der Waals surface area contributed by atoms with Crippen molar-refractivity contribution in [1.29, 1.82) is 0 Å². The average Bonchev–Trinajstić information content (AvgIpc) is 3.44. The van der Waals surface area contributed by atoms with Crippen molar-refractivity contribution in [2.45, 2.75) is 43.4 Å². The molecule has 5 nitrogen and oxygen atoms in total. The first-order valence-corrected chi connectivity index (χ1v) is 12.9. The predicted molar refractivity (Wildman–Crippen MR) is 137 cm³/mol. The van der Waals surface area contributed by atoms with Gasteiger partial charge in [0.2, 0.25) is 0 Å². The number of carbonyl (C=O) groups is 1. The fraction of sp³-hybridized carbons (Fsp3) is 0.333. The molecule has 3 aliphatic heterocycles. The Labute approximate surface area is 215 Å². The van der Waals surface area contributed by atoms with Crippen LogP contribution < -0.4 is 5.32 Å². The second-order valence-electron chi connectivity index (χ2n) is 10.1. The van der Waals surface area contributed by atoms with E-state index >= 15 is 0 Å². The van der Waals surface area contributed by atoms with Gasteiger partial charge in [-0.2, -0.15) is 0 Å². The Bertz CT molecular complexity index is 1280. The number of rotatable bonds is 6. The smallest absolute Gasteiger partial charge is 0.262 e. The number of likely N-dealkylation sites (tertiary alicyclic amines) is 1. The van der Waals surface area contributed by atoms with Gasteiger partial charge in [-0.25, -0.2) is 13.8 Å². The molecular formula is C30H29F2N3O2. The quantitative estimate of drug-likeness (QED) is 0.515. The van der Waals surface area contributed by atoms with Crippen molar-refractivity contribution in [2.24, 2.45) is 4.99 Å². The molecule has 0 saturated carbocycles. The molecule has 6 rings (SSSR count). The zero-order valence-corrected chi connectivity index (χ0v) is 20.6. The van der Waals surface area contributed by atoms with Crippen LogP contribution in [0.25, 0.3) is 0 Å². The van der Waals surface area contributed by atoms with E-state index in [1.165, 1.54) is 35.4 Å². The van der Waals surface area contributed by atoms with Crippen molar-refractivity contribution in [1.82, 2.24) is 10.2 Å². The number of carbonyl (C=O) groups excluding carboxylic acids is 1. The molecule has 190 valence electrons. The number of halogens is 2. The molecule has 3 aromatic carbocycles. The van der Waals surface area contributed by atoms with Crippen LogP contribution in [-0.4, -0.2) is 36.3 Å². The van der Waals surface area contributed by atoms with Crippen LogP contribution in [0.1, 0.15) is 47.9 Å². The Hall–Kier alpha value is -3.42. The third kappa shape index (κ3) is 4.26. The first-order chi connectivity index (χ1) is 18.0. The molecular weight excluding hydrogens is 472 g/mol. The van der Waals surface area contributed by atoms with Gasteiger partial charge in [0.05, 0.1) is 12.2 Å². The summed E-state index contributed by atoms with van der Waals surface area (Å²) in [4.78, 5) is 20.6. The zero-order valence-electron chi connectivity index (χ0n) is 20.6. The number of benzene rings is 3. The van der Waals surface area contributed by atoms with Crippen LogP contribution in [0.15, 0.2) is 77.8 Å². The lowest BCUT2D eigenvalue weighted by Gasteiger charge is -2.39. The number of nitrogens with one attached hydrogen (secondary N) is 1. The highest BCUT2D eigenvalue weighted by molar-refractivity contribution is 6.10. The molecule has 7 heteroatoms. The minimum absolute atomic E-state index is 0.152. The van der Waals surface area contributed by atoms with Crippen LogP contribution in [-0.2, 0) is 27.3 Å². The van der Waals surface area contributed by atoms with Gasteiger partial charge in [0.25, 0.3) is 5.91 Å². The Morgan fingerprint density at radius 1 is 0.892 bits per heavy atom. The summed E-state index contributed by atoms with van der Waals surface area (Å²) >= 11 is 0. The van der Waals surface area contributed by atoms with Gasteiger partial charge in [0.1, 0.15) is 17.5 Å². The van der Waals surface area contributed by atoms with Crippen molar-refractivity contribution in [3.05, 3.63) is 107 Å². The Morgan fingerprint density at radius 3 is 2.16 bits per heavy atom. The minimum Gasteiger partial charge on any atom is -0.365 e. The van der Waals surface area contributed by atoms with Crippen molar-refractivity contribution >= 4 is 11.7 Å².